The molecule has 2 rings (SSSR count). The summed E-state index contributed by atoms with van der Waals surface area (Å²) in [5.41, 5.74) is -0.204. The number of benzene rings is 1. The van der Waals surface area contributed by atoms with Gasteiger partial charge in [0.2, 0.25) is 0 Å². The van der Waals surface area contributed by atoms with Crippen LogP contribution in [0.2, 0.25) is 5.02 Å². The van der Waals surface area contributed by atoms with E-state index in [9.17, 15) is 14.9 Å². The van der Waals surface area contributed by atoms with Crippen LogP contribution in [0, 0.1) is 10.1 Å². The topological polar surface area (TPSA) is 63.4 Å². The fraction of sp³-hybridized carbons (Fsp3) is 0.500. The molecule has 0 unspecified atom stereocenters. The lowest BCUT2D eigenvalue weighted by Crippen LogP contribution is -2.34. The van der Waals surface area contributed by atoms with Gasteiger partial charge in [-0.05, 0) is 25.0 Å². The Labute approximate surface area is 122 Å². The summed E-state index contributed by atoms with van der Waals surface area (Å²) in [6.07, 6.45) is 5.28. The van der Waals surface area contributed by atoms with E-state index >= 15 is 0 Å². The highest BCUT2D eigenvalue weighted by atomic mass is 35.5. The van der Waals surface area contributed by atoms with Crippen molar-refractivity contribution >= 4 is 23.2 Å². The molecule has 6 heteroatoms. The summed E-state index contributed by atoms with van der Waals surface area (Å²) in [7, 11) is 0. The number of nitrogens with zero attached hydrogens (tertiary/aromatic N) is 2. The maximum Gasteiger partial charge on any atom is 0.300 e. The summed E-state index contributed by atoms with van der Waals surface area (Å²) in [5.74, 6) is -0.291. The number of rotatable bonds is 2. The molecular formula is C14H17ClN2O3. The van der Waals surface area contributed by atoms with Gasteiger partial charge in [0.05, 0.1) is 4.92 Å². The Balaban J connectivity index is 2.27. The van der Waals surface area contributed by atoms with E-state index in [0.29, 0.717) is 13.1 Å². The summed E-state index contributed by atoms with van der Waals surface area (Å²) >= 11 is 5.85. The molecule has 0 aliphatic carbocycles. The van der Waals surface area contributed by atoms with Gasteiger partial charge in [0.1, 0.15) is 10.6 Å². The average molecular weight is 297 g/mol. The molecule has 1 aliphatic rings. The highest BCUT2D eigenvalue weighted by Crippen LogP contribution is 2.29. The number of para-hydroxylation sites is 1. The first-order valence-electron chi connectivity index (χ1n) is 6.83. The molecule has 0 spiro atoms. The zero-order valence-electron chi connectivity index (χ0n) is 11.2. The standard InChI is InChI=1S/C14H17ClN2O3/c15-12-8-6-7-11(13(12)17(19)20)14(18)16-9-4-2-1-3-5-10-16/h6-8H,1-5,9-10H2. The van der Waals surface area contributed by atoms with Crippen molar-refractivity contribution in [1.82, 2.24) is 4.90 Å². The van der Waals surface area contributed by atoms with E-state index in [-0.39, 0.29) is 22.2 Å². The molecule has 1 saturated heterocycles. The summed E-state index contributed by atoms with van der Waals surface area (Å²) in [6, 6.07) is 4.49. The zero-order chi connectivity index (χ0) is 14.5. The molecule has 0 aromatic heterocycles. The molecule has 0 N–H and O–H groups in total. The molecule has 1 aromatic carbocycles. The largest absolute Gasteiger partial charge is 0.338 e. The molecule has 1 amide bonds. The second-order valence-corrected chi connectivity index (χ2v) is 5.36. The second kappa shape index (κ2) is 6.70. The monoisotopic (exact) mass is 296 g/mol. The molecule has 0 radical (unpaired) electrons. The van der Waals surface area contributed by atoms with E-state index in [4.69, 9.17) is 11.6 Å². The van der Waals surface area contributed by atoms with Crippen LogP contribution in [0.3, 0.4) is 0 Å². The van der Waals surface area contributed by atoms with Crippen molar-refractivity contribution in [1.29, 1.82) is 0 Å². The van der Waals surface area contributed by atoms with E-state index in [2.05, 4.69) is 0 Å². The number of hydrogen-bond donors (Lipinski definition) is 0. The molecular weight excluding hydrogens is 280 g/mol. The number of halogens is 1. The first-order chi connectivity index (χ1) is 9.61. The number of carbonyl (C=O) groups excluding carboxylic acids is 1. The first-order valence-corrected chi connectivity index (χ1v) is 7.21. The van der Waals surface area contributed by atoms with Gasteiger partial charge in [0, 0.05) is 13.1 Å². The second-order valence-electron chi connectivity index (χ2n) is 4.95. The first kappa shape index (κ1) is 14.8. The predicted octanol–water partition coefficient (Wildman–Crippen LogP) is 3.65. The Morgan fingerprint density at radius 2 is 1.75 bits per heavy atom. The Kier molecular flexibility index (Phi) is 4.95. The molecule has 108 valence electrons. The maximum absolute atomic E-state index is 12.5. The van der Waals surface area contributed by atoms with Crippen LogP contribution in [0.1, 0.15) is 42.5 Å². The van der Waals surface area contributed by atoms with Crippen molar-refractivity contribution in [2.24, 2.45) is 0 Å². The third kappa shape index (κ3) is 3.28. The third-order valence-electron chi connectivity index (χ3n) is 3.54. The normalized spacial score (nSPS) is 16.4. The van der Waals surface area contributed by atoms with Crippen LogP contribution in [0.15, 0.2) is 18.2 Å². The Bertz CT molecular complexity index is 511. The minimum Gasteiger partial charge on any atom is -0.338 e. The number of hydrogen-bond acceptors (Lipinski definition) is 3. The van der Waals surface area contributed by atoms with Crippen molar-refractivity contribution in [3.05, 3.63) is 38.9 Å². The number of nitro benzene ring substituents is 1. The van der Waals surface area contributed by atoms with Gasteiger partial charge in [0.25, 0.3) is 5.91 Å². The predicted molar refractivity (Wildman–Crippen MR) is 77.1 cm³/mol. The summed E-state index contributed by atoms with van der Waals surface area (Å²) in [5, 5.41) is 11.1. The summed E-state index contributed by atoms with van der Waals surface area (Å²) in [4.78, 5) is 24.7. The minimum absolute atomic E-state index is 0.00731. The molecule has 0 atom stereocenters. The maximum atomic E-state index is 12.5. The van der Waals surface area contributed by atoms with Gasteiger partial charge in [-0.15, -0.1) is 0 Å². The van der Waals surface area contributed by atoms with Crippen LogP contribution >= 0.6 is 11.6 Å². The lowest BCUT2D eigenvalue weighted by atomic mass is 10.1. The lowest BCUT2D eigenvalue weighted by molar-refractivity contribution is -0.385. The van der Waals surface area contributed by atoms with Gasteiger partial charge in [-0.1, -0.05) is 36.9 Å². The average Bonchev–Trinajstić information content (AvgIpc) is 2.36. The SMILES string of the molecule is O=C(c1cccc(Cl)c1[N+](=O)[O-])N1CCCCCCC1. The van der Waals surface area contributed by atoms with E-state index in [1.165, 1.54) is 18.6 Å². The van der Waals surface area contributed by atoms with Crippen LogP contribution in [0.4, 0.5) is 5.69 Å². The number of carbonyl (C=O) groups is 1. The molecule has 1 heterocycles. The smallest absolute Gasteiger partial charge is 0.300 e. The molecule has 0 bridgehead atoms. The minimum atomic E-state index is -0.584. The van der Waals surface area contributed by atoms with Crippen LogP contribution in [0.25, 0.3) is 0 Å². The number of nitro groups is 1. The van der Waals surface area contributed by atoms with Crippen LogP contribution in [-0.4, -0.2) is 28.8 Å². The highest BCUT2D eigenvalue weighted by Gasteiger charge is 2.27. The van der Waals surface area contributed by atoms with Crippen molar-refractivity contribution < 1.29 is 9.72 Å². The van der Waals surface area contributed by atoms with Crippen molar-refractivity contribution in [3.63, 3.8) is 0 Å². The van der Waals surface area contributed by atoms with Gasteiger partial charge in [-0.3, -0.25) is 14.9 Å². The number of amides is 1. The fourth-order valence-corrected chi connectivity index (χ4v) is 2.74. The third-order valence-corrected chi connectivity index (χ3v) is 3.85. The summed E-state index contributed by atoms with van der Waals surface area (Å²) in [6.45, 7) is 1.31. The highest BCUT2D eigenvalue weighted by molar-refractivity contribution is 6.33. The molecule has 5 nitrogen and oxygen atoms in total. The van der Waals surface area contributed by atoms with Crippen molar-refractivity contribution in [2.75, 3.05) is 13.1 Å². The van der Waals surface area contributed by atoms with E-state index in [0.717, 1.165) is 25.7 Å². The Hall–Kier alpha value is -1.62. The van der Waals surface area contributed by atoms with Gasteiger partial charge < -0.3 is 4.90 Å². The Morgan fingerprint density at radius 1 is 1.15 bits per heavy atom. The van der Waals surface area contributed by atoms with E-state index < -0.39 is 4.92 Å². The van der Waals surface area contributed by atoms with Gasteiger partial charge in [0.15, 0.2) is 0 Å². The zero-order valence-corrected chi connectivity index (χ0v) is 11.9. The fourth-order valence-electron chi connectivity index (χ4n) is 2.49. The van der Waals surface area contributed by atoms with Gasteiger partial charge in [-0.2, -0.15) is 0 Å². The number of likely N-dealkylation sites (tertiary alicyclic amines) is 1. The van der Waals surface area contributed by atoms with E-state index in [1.807, 2.05) is 0 Å². The van der Waals surface area contributed by atoms with Gasteiger partial charge >= 0.3 is 5.69 Å². The van der Waals surface area contributed by atoms with Crippen LogP contribution < -0.4 is 0 Å². The molecule has 1 aliphatic heterocycles. The van der Waals surface area contributed by atoms with Crippen LogP contribution in [-0.2, 0) is 0 Å². The molecule has 1 fully saturated rings. The quantitative estimate of drug-likeness (QED) is 0.618. The molecule has 20 heavy (non-hydrogen) atoms. The molecule has 1 aromatic rings. The van der Waals surface area contributed by atoms with E-state index in [1.54, 1.807) is 11.0 Å². The molecule has 0 saturated carbocycles. The lowest BCUT2D eigenvalue weighted by Gasteiger charge is -2.24. The van der Waals surface area contributed by atoms with Crippen molar-refractivity contribution in [2.45, 2.75) is 32.1 Å². The van der Waals surface area contributed by atoms with Crippen LogP contribution in [0.5, 0.6) is 0 Å². The summed E-state index contributed by atoms with van der Waals surface area (Å²) < 4.78 is 0. The van der Waals surface area contributed by atoms with Crippen molar-refractivity contribution in [3.8, 4) is 0 Å². The van der Waals surface area contributed by atoms with Gasteiger partial charge in [-0.25, -0.2) is 0 Å². The Morgan fingerprint density at radius 3 is 2.35 bits per heavy atom.